The van der Waals surface area contributed by atoms with Gasteiger partial charge in [0, 0.05) is 23.9 Å². The van der Waals surface area contributed by atoms with Gasteiger partial charge < -0.3 is 15.5 Å². The number of hydrogen-bond donors (Lipinski definition) is 3. The average molecular weight is 180 g/mol. The van der Waals surface area contributed by atoms with Crippen molar-refractivity contribution in [3.8, 4) is 0 Å². The van der Waals surface area contributed by atoms with E-state index in [0.717, 1.165) is 19.5 Å². The van der Waals surface area contributed by atoms with Crippen molar-refractivity contribution in [3.63, 3.8) is 0 Å². The maximum atomic E-state index is 9.01. The number of halogens is 1. The van der Waals surface area contributed by atoms with E-state index in [1.807, 2.05) is 0 Å². The molecule has 2 atom stereocenters. The van der Waals surface area contributed by atoms with E-state index in [9.17, 15) is 0 Å². The summed E-state index contributed by atoms with van der Waals surface area (Å²) in [6.07, 6.45) is 1.00. The Labute approximate surface area is 72.2 Å². The van der Waals surface area contributed by atoms with Crippen LogP contribution in [0.3, 0.4) is 0 Å². The van der Waals surface area contributed by atoms with Crippen LogP contribution in [0.1, 0.15) is 6.42 Å². The fraction of sp³-hybridized carbons (Fsp3) is 1.00. The van der Waals surface area contributed by atoms with Gasteiger partial charge in [0.15, 0.2) is 0 Å². The first kappa shape index (κ1) is 9.26. The van der Waals surface area contributed by atoms with Gasteiger partial charge in [-0.05, 0) is 6.42 Å². The molecule has 66 valence electrons. The monoisotopic (exact) mass is 179 g/mol. The minimum absolute atomic E-state index is 0. The molecule has 0 radical (unpaired) electrons. The van der Waals surface area contributed by atoms with Crippen LogP contribution in [0.4, 0.5) is 0 Å². The first-order valence-corrected chi connectivity index (χ1v) is 3.71. The molecule has 2 rings (SSSR count). The normalized spacial score (nSPS) is 46.4. The number of hydrogen-bond acceptors (Lipinski definition) is 3. The lowest BCUT2D eigenvalue weighted by Gasteiger charge is -2.10. The van der Waals surface area contributed by atoms with Crippen LogP contribution in [-0.2, 0) is 0 Å². The van der Waals surface area contributed by atoms with E-state index < -0.39 is 0 Å². The molecule has 3 nitrogen and oxygen atoms in total. The van der Waals surface area contributed by atoms with Gasteiger partial charge >= 0.3 is 0 Å². The smallest absolute Gasteiger partial charge is 0.0506 e. The predicted octanol–water partition coefficient (Wildman–Crippen LogP) is -0.628. The number of nitrogens with one attached hydrogen (secondary N) is 1. The second-order valence-electron chi connectivity index (χ2n) is 3.66. The van der Waals surface area contributed by atoms with E-state index in [1.165, 1.54) is 0 Å². The highest BCUT2D eigenvalue weighted by molar-refractivity contribution is 5.85. The van der Waals surface area contributed by atoms with Gasteiger partial charge in [0.05, 0.1) is 13.2 Å². The molecule has 0 aromatic carbocycles. The van der Waals surface area contributed by atoms with Crippen LogP contribution in [0.15, 0.2) is 0 Å². The molecule has 2 fully saturated rings. The Bertz CT molecular complexity index is 151. The molecule has 0 bridgehead atoms. The zero-order valence-corrected chi connectivity index (χ0v) is 7.15. The molecule has 0 aromatic rings. The second-order valence-corrected chi connectivity index (χ2v) is 3.66. The maximum absolute atomic E-state index is 9.01. The highest BCUT2D eigenvalue weighted by atomic mass is 35.5. The Morgan fingerprint density at radius 2 is 1.55 bits per heavy atom. The highest BCUT2D eigenvalue weighted by Crippen LogP contribution is 2.65. The van der Waals surface area contributed by atoms with Crippen LogP contribution in [0.25, 0.3) is 0 Å². The van der Waals surface area contributed by atoms with E-state index in [1.54, 1.807) is 0 Å². The quantitative estimate of drug-likeness (QED) is 0.529. The lowest BCUT2D eigenvalue weighted by Crippen LogP contribution is -2.19. The fourth-order valence-corrected chi connectivity index (χ4v) is 2.20. The third-order valence-corrected chi connectivity index (χ3v) is 3.21. The fourth-order valence-electron chi connectivity index (χ4n) is 2.20. The number of piperidine rings is 1. The molecule has 0 amide bonds. The third-order valence-electron chi connectivity index (χ3n) is 3.21. The van der Waals surface area contributed by atoms with E-state index >= 15 is 0 Å². The molecule has 1 saturated carbocycles. The third kappa shape index (κ3) is 0.920. The molecule has 1 saturated heterocycles. The molecule has 1 aliphatic carbocycles. The van der Waals surface area contributed by atoms with Crippen molar-refractivity contribution < 1.29 is 10.2 Å². The van der Waals surface area contributed by atoms with E-state index in [2.05, 4.69) is 5.32 Å². The van der Waals surface area contributed by atoms with Crippen molar-refractivity contribution in [2.45, 2.75) is 6.42 Å². The molecule has 0 aromatic heterocycles. The summed E-state index contributed by atoms with van der Waals surface area (Å²) in [5.41, 5.74) is 0.0868. The molecule has 0 spiro atoms. The molecule has 11 heavy (non-hydrogen) atoms. The van der Waals surface area contributed by atoms with Crippen LogP contribution < -0.4 is 5.32 Å². The molecular formula is C7H14ClNO2. The van der Waals surface area contributed by atoms with Gasteiger partial charge in [-0.1, -0.05) is 0 Å². The minimum Gasteiger partial charge on any atom is -0.396 e. The Balaban J connectivity index is 0.000000605. The van der Waals surface area contributed by atoms with Gasteiger partial charge in [0.2, 0.25) is 0 Å². The topological polar surface area (TPSA) is 52.5 Å². The van der Waals surface area contributed by atoms with Crippen molar-refractivity contribution >= 4 is 12.4 Å². The number of fused-ring (bicyclic) bond motifs is 1. The lowest BCUT2D eigenvalue weighted by molar-refractivity contribution is 0.152. The zero-order chi connectivity index (χ0) is 7.24. The first-order valence-electron chi connectivity index (χ1n) is 3.71. The highest BCUT2D eigenvalue weighted by Gasteiger charge is 2.69. The van der Waals surface area contributed by atoms with Crippen LogP contribution >= 0.6 is 12.4 Å². The molecule has 2 unspecified atom stereocenters. The zero-order valence-electron chi connectivity index (χ0n) is 6.34. The van der Waals surface area contributed by atoms with Gasteiger partial charge in [0.25, 0.3) is 0 Å². The summed E-state index contributed by atoms with van der Waals surface area (Å²) in [6.45, 7) is 2.20. The van der Waals surface area contributed by atoms with E-state index in [0.29, 0.717) is 0 Å². The van der Waals surface area contributed by atoms with Crippen molar-refractivity contribution in [1.29, 1.82) is 0 Å². The molecule has 4 heteroatoms. The van der Waals surface area contributed by atoms with Gasteiger partial charge in [0.1, 0.15) is 0 Å². The Morgan fingerprint density at radius 1 is 1.09 bits per heavy atom. The van der Waals surface area contributed by atoms with Crippen LogP contribution in [0.2, 0.25) is 0 Å². The van der Waals surface area contributed by atoms with Crippen LogP contribution in [0, 0.1) is 10.8 Å². The number of rotatable bonds is 2. The summed E-state index contributed by atoms with van der Waals surface area (Å²) in [7, 11) is 0. The summed E-state index contributed by atoms with van der Waals surface area (Å²) in [4.78, 5) is 0. The van der Waals surface area contributed by atoms with Crippen LogP contribution in [0.5, 0.6) is 0 Å². The Hall–Kier alpha value is 0.170. The minimum atomic E-state index is 0. The predicted molar refractivity (Wildman–Crippen MR) is 43.8 cm³/mol. The van der Waals surface area contributed by atoms with Crippen molar-refractivity contribution in [2.75, 3.05) is 26.3 Å². The lowest BCUT2D eigenvalue weighted by atomic mass is 9.98. The molecule has 1 heterocycles. The Kier molecular flexibility index (Phi) is 2.18. The summed E-state index contributed by atoms with van der Waals surface area (Å²) in [5, 5.41) is 21.2. The van der Waals surface area contributed by atoms with E-state index in [-0.39, 0.29) is 36.5 Å². The second kappa shape index (κ2) is 2.59. The molecular weight excluding hydrogens is 166 g/mol. The van der Waals surface area contributed by atoms with Gasteiger partial charge in [-0.2, -0.15) is 0 Å². The summed E-state index contributed by atoms with van der Waals surface area (Å²) >= 11 is 0. The summed E-state index contributed by atoms with van der Waals surface area (Å²) < 4.78 is 0. The average Bonchev–Trinajstić information content (AvgIpc) is 2.51. The van der Waals surface area contributed by atoms with Crippen molar-refractivity contribution in [2.24, 2.45) is 10.8 Å². The molecule has 2 aliphatic rings. The largest absolute Gasteiger partial charge is 0.396 e. The standard InChI is InChI=1S/C7H13NO2.ClH/c9-4-6-1-7(6,5-10)3-8-2-6;/h8-10H,1-5H2;1H. The number of aliphatic hydroxyl groups excluding tert-OH is 2. The van der Waals surface area contributed by atoms with Gasteiger partial charge in [-0.15, -0.1) is 12.4 Å². The molecule has 3 N–H and O–H groups in total. The molecule has 1 aliphatic heterocycles. The van der Waals surface area contributed by atoms with Crippen molar-refractivity contribution in [3.05, 3.63) is 0 Å². The van der Waals surface area contributed by atoms with Gasteiger partial charge in [-0.25, -0.2) is 0 Å². The van der Waals surface area contributed by atoms with Crippen LogP contribution in [-0.4, -0.2) is 36.5 Å². The number of aliphatic hydroxyl groups is 2. The van der Waals surface area contributed by atoms with Gasteiger partial charge in [-0.3, -0.25) is 0 Å². The summed E-state index contributed by atoms with van der Waals surface area (Å²) in [5.74, 6) is 0. The maximum Gasteiger partial charge on any atom is 0.0506 e. The van der Waals surface area contributed by atoms with Crippen molar-refractivity contribution in [1.82, 2.24) is 5.32 Å². The first-order chi connectivity index (χ1) is 4.79. The SMILES string of the molecule is Cl.OCC12CNCC1(CO)C2. The summed E-state index contributed by atoms with van der Waals surface area (Å²) in [6, 6.07) is 0. The van der Waals surface area contributed by atoms with E-state index in [4.69, 9.17) is 10.2 Å². The Morgan fingerprint density at radius 3 is 1.82 bits per heavy atom.